The molecule has 1 saturated heterocycles. The molecule has 0 saturated carbocycles. The van der Waals surface area contributed by atoms with Crippen molar-refractivity contribution in [1.29, 1.82) is 0 Å². The second-order valence-corrected chi connectivity index (χ2v) is 4.77. The maximum atomic E-state index is 5.48. The molecule has 1 atom stereocenters. The van der Waals surface area contributed by atoms with E-state index in [1.54, 1.807) is 4.68 Å². The summed E-state index contributed by atoms with van der Waals surface area (Å²) in [5.74, 6) is 0.767. The van der Waals surface area contributed by atoms with Crippen LogP contribution in [-0.2, 0) is 11.8 Å². The van der Waals surface area contributed by atoms with E-state index in [1.807, 2.05) is 19.2 Å². The Morgan fingerprint density at radius 3 is 3.11 bits per heavy atom. The van der Waals surface area contributed by atoms with Gasteiger partial charge in [-0.05, 0) is 35.4 Å². The molecule has 1 aromatic heterocycles. The number of aromatic nitrogens is 4. The van der Waals surface area contributed by atoms with Gasteiger partial charge in [-0.1, -0.05) is 12.1 Å². The molecule has 19 heavy (non-hydrogen) atoms. The fraction of sp³-hybridized carbons (Fsp3) is 0.462. The van der Waals surface area contributed by atoms with Crippen LogP contribution in [0, 0.1) is 0 Å². The van der Waals surface area contributed by atoms with E-state index in [0.29, 0.717) is 6.04 Å². The Morgan fingerprint density at radius 1 is 1.42 bits per heavy atom. The van der Waals surface area contributed by atoms with Gasteiger partial charge >= 0.3 is 0 Å². The highest BCUT2D eigenvalue weighted by Crippen LogP contribution is 2.21. The maximum Gasteiger partial charge on any atom is 0.181 e. The molecule has 3 rings (SSSR count). The number of nitrogens with zero attached hydrogens (tertiary/aromatic N) is 4. The standard InChI is InChI=1S/C13H17N5O/c1-18-13(15-16-17-18)10-4-2-5-11(8-10)14-12-6-3-7-19-9-12/h2,4-5,8,12,14H,3,6-7,9H2,1H3. The fourth-order valence-corrected chi connectivity index (χ4v) is 2.31. The summed E-state index contributed by atoms with van der Waals surface area (Å²) in [6, 6.07) is 8.54. The van der Waals surface area contributed by atoms with E-state index < -0.39 is 0 Å². The van der Waals surface area contributed by atoms with Crippen LogP contribution < -0.4 is 5.32 Å². The molecule has 0 aliphatic carbocycles. The van der Waals surface area contributed by atoms with Crippen molar-refractivity contribution in [3.63, 3.8) is 0 Å². The summed E-state index contributed by atoms with van der Waals surface area (Å²) in [6.45, 7) is 1.65. The fourth-order valence-electron chi connectivity index (χ4n) is 2.31. The molecule has 0 spiro atoms. The lowest BCUT2D eigenvalue weighted by Crippen LogP contribution is -2.29. The number of rotatable bonds is 3. The normalized spacial score (nSPS) is 19.3. The second-order valence-electron chi connectivity index (χ2n) is 4.77. The molecule has 1 unspecified atom stereocenters. The number of ether oxygens (including phenoxy) is 1. The smallest absolute Gasteiger partial charge is 0.181 e. The molecule has 1 fully saturated rings. The van der Waals surface area contributed by atoms with Crippen molar-refractivity contribution >= 4 is 5.69 Å². The number of hydrogen-bond acceptors (Lipinski definition) is 5. The molecular weight excluding hydrogens is 242 g/mol. The quantitative estimate of drug-likeness (QED) is 0.904. The third-order valence-corrected chi connectivity index (χ3v) is 3.27. The zero-order chi connectivity index (χ0) is 13.1. The summed E-state index contributed by atoms with van der Waals surface area (Å²) in [7, 11) is 1.84. The van der Waals surface area contributed by atoms with Gasteiger partial charge in [0.1, 0.15) is 0 Å². The molecule has 2 aromatic rings. The Balaban J connectivity index is 1.78. The average molecular weight is 259 g/mol. The first-order valence-electron chi connectivity index (χ1n) is 6.50. The molecular formula is C13H17N5O. The number of benzene rings is 1. The number of nitrogens with one attached hydrogen (secondary N) is 1. The van der Waals surface area contributed by atoms with Gasteiger partial charge in [0.2, 0.25) is 0 Å². The Kier molecular flexibility index (Phi) is 3.41. The van der Waals surface area contributed by atoms with E-state index in [0.717, 1.165) is 43.1 Å². The highest BCUT2D eigenvalue weighted by molar-refractivity contribution is 5.62. The zero-order valence-electron chi connectivity index (χ0n) is 10.9. The van der Waals surface area contributed by atoms with Crippen molar-refractivity contribution in [1.82, 2.24) is 20.2 Å². The summed E-state index contributed by atoms with van der Waals surface area (Å²) in [4.78, 5) is 0. The largest absolute Gasteiger partial charge is 0.380 e. The first kappa shape index (κ1) is 12.1. The lowest BCUT2D eigenvalue weighted by molar-refractivity contribution is 0.0876. The van der Waals surface area contributed by atoms with Crippen LogP contribution in [0.3, 0.4) is 0 Å². The Bertz CT molecular complexity index is 547. The van der Waals surface area contributed by atoms with E-state index in [9.17, 15) is 0 Å². The van der Waals surface area contributed by atoms with Crippen LogP contribution in [0.4, 0.5) is 5.69 Å². The minimum Gasteiger partial charge on any atom is -0.380 e. The molecule has 0 bridgehead atoms. The number of hydrogen-bond donors (Lipinski definition) is 1. The topological polar surface area (TPSA) is 64.9 Å². The van der Waals surface area contributed by atoms with Gasteiger partial charge in [-0.2, -0.15) is 0 Å². The summed E-state index contributed by atoms with van der Waals surface area (Å²) in [5.41, 5.74) is 2.09. The van der Waals surface area contributed by atoms with Crippen LogP contribution in [0.15, 0.2) is 24.3 Å². The number of aryl methyl sites for hydroxylation is 1. The van der Waals surface area contributed by atoms with Crippen molar-refractivity contribution in [2.75, 3.05) is 18.5 Å². The first-order chi connectivity index (χ1) is 9.33. The Hall–Kier alpha value is -1.95. The monoisotopic (exact) mass is 259 g/mol. The van der Waals surface area contributed by atoms with Gasteiger partial charge in [0.15, 0.2) is 5.82 Å². The molecule has 1 aliphatic heterocycles. The molecule has 0 radical (unpaired) electrons. The third kappa shape index (κ3) is 2.73. The Labute approximate surface area is 111 Å². The second kappa shape index (κ2) is 5.36. The van der Waals surface area contributed by atoms with Gasteiger partial charge in [0.05, 0.1) is 6.61 Å². The van der Waals surface area contributed by atoms with Gasteiger partial charge in [-0.25, -0.2) is 4.68 Å². The van der Waals surface area contributed by atoms with Crippen molar-refractivity contribution < 1.29 is 4.74 Å². The summed E-state index contributed by atoms with van der Waals surface area (Å²) < 4.78 is 7.15. The highest BCUT2D eigenvalue weighted by atomic mass is 16.5. The molecule has 1 aliphatic rings. The maximum absolute atomic E-state index is 5.48. The van der Waals surface area contributed by atoms with Crippen LogP contribution in [0.1, 0.15) is 12.8 Å². The lowest BCUT2D eigenvalue weighted by atomic mass is 10.1. The third-order valence-electron chi connectivity index (χ3n) is 3.27. The predicted molar refractivity (Wildman–Crippen MR) is 71.7 cm³/mol. The molecule has 6 heteroatoms. The van der Waals surface area contributed by atoms with Crippen molar-refractivity contribution in [3.05, 3.63) is 24.3 Å². The van der Waals surface area contributed by atoms with Crippen LogP contribution in [0.2, 0.25) is 0 Å². The van der Waals surface area contributed by atoms with E-state index >= 15 is 0 Å². The lowest BCUT2D eigenvalue weighted by Gasteiger charge is -2.24. The molecule has 0 amide bonds. The van der Waals surface area contributed by atoms with Crippen molar-refractivity contribution in [2.45, 2.75) is 18.9 Å². The molecule has 100 valence electrons. The van der Waals surface area contributed by atoms with Crippen molar-refractivity contribution in [3.8, 4) is 11.4 Å². The van der Waals surface area contributed by atoms with Gasteiger partial charge < -0.3 is 10.1 Å². The minimum atomic E-state index is 0.390. The minimum absolute atomic E-state index is 0.390. The summed E-state index contributed by atoms with van der Waals surface area (Å²) in [6.07, 6.45) is 2.26. The van der Waals surface area contributed by atoms with Crippen LogP contribution >= 0.6 is 0 Å². The predicted octanol–water partition coefficient (Wildman–Crippen LogP) is 1.47. The Morgan fingerprint density at radius 2 is 2.37 bits per heavy atom. The molecule has 6 nitrogen and oxygen atoms in total. The highest BCUT2D eigenvalue weighted by Gasteiger charge is 2.14. The average Bonchev–Trinajstić information content (AvgIpc) is 2.86. The van der Waals surface area contributed by atoms with Crippen LogP contribution in [-0.4, -0.2) is 39.5 Å². The van der Waals surface area contributed by atoms with E-state index in [4.69, 9.17) is 4.74 Å². The SMILES string of the molecule is Cn1nnnc1-c1cccc(NC2CCCOC2)c1. The molecule has 2 heterocycles. The number of tetrazole rings is 1. The number of anilines is 1. The van der Waals surface area contributed by atoms with E-state index in [-0.39, 0.29) is 0 Å². The van der Waals surface area contributed by atoms with E-state index in [1.165, 1.54) is 0 Å². The summed E-state index contributed by atoms with van der Waals surface area (Å²) >= 11 is 0. The first-order valence-corrected chi connectivity index (χ1v) is 6.50. The molecule has 1 aromatic carbocycles. The van der Waals surface area contributed by atoms with Crippen LogP contribution in [0.25, 0.3) is 11.4 Å². The van der Waals surface area contributed by atoms with E-state index in [2.05, 4.69) is 33.0 Å². The molecule has 1 N–H and O–H groups in total. The van der Waals surface area contributed by atoms with Gasteiger partial charge in [0, 0.05) is 30.9 Å². The van der Waals surface area contributed by atoms with Gasteiger partial charge in [-0.15, -0.1) is 5.10 Å². The van der Waals surface area contributed by atoms with Gasteiger partial charge in [-0.3, -0.25) is 0 Å². The van der Waals surface area contributed by atoms with Gasteiger partial charge in [0.25, 0.3) is 0 Å². The summed E-state index contributed by atoms with van der Waals surface area (Å²) in [5, 5.41) is 15.0. The zero-order valence-corrected chi connectivity index (χ0v) is 10.9. The van der Waals surface area contributed by atoms with Crippen molar-refractivity contribution in [2.24, 2.45) is 7.05 Å². The van der Waals surface area contributed by atoms with Crippen LogP contribution in [0.5, 0.6) is 0 Å².